The highest BCUT2D eigenvalue weighted by Gasteiger charge is 2.26. The van der Waals surface area contributed by atoms with Crippen molar-refractivity contribution in [2.24, 2.45) is 0 Å². The summed E-state index contributed by atoms with van der Waals surface area (Å²) in [5.41, 5.74) is 1.96. The Hall–Kier alpha value is -1.49. The van der Waals surface area contributed by atoms with E-state index < -0.39 is 5.97 Å². The van der Waals surface area contributed by atoms with Crippen molar-refractivity contribution in [2.75, 3.05) is 0 Å². The second-order valence-corrected chi connectivity index (χ2v) is 6.25. The number of nitrogens with zero attached hydrogens (tertiary/aromatic N) is 1. The maximum absolute atomic E-state index is 11.6. The van der Waals surface area contributed by atoms with Crippen LogP contribution in [0.15, 0.2) is 16.6 Å². The normalized spacial score (nSPS) is 16.1. The number of halogens is 1. The Morgan fingerprint density at radius 1 is 1.35 bits per heavy atom. The molecule has 0 spiro atoms. The zero-order chi connectivity index (χ0) is 14.4. The highest BCUT2D eigenvalue weighted by atomic mass is 79.9. The summed E-state index contributed by atoms with van der Waals surface area (Å²) in [6, 6.07) is 3.73. The summed E-state index contributed by atoms with van der Waals surface area (Å²) in [4.78, 5) is 11.6. The first-order chi connectivity index (χ1) is 9.50. The predicted molar refractivity (Wildman–Crippen MR) is 80.5 cm³/mol. The zero-order valence-electron chi connectivity index (χ0n) is 11.2. The van der Waals surface area contributed by atoms with Crippen LogP contribution in [-0.2, 0) is 0 Å². The minimum Gasteiger partial charge on any atom is -0.507 e. The third kappa shape index (κ3) is 1.92. The Morgan fingerprint density at radius 2 is 2.00 bits per heavy atom. The van der Waals surface area contributed by atoms with Gasteiger partial charge in [-0.05, 0) is 47.8 Å². The smallest absolute Gasteiger partial charge is 0.338 e. The van der Waals surface area contributed by atoms with E-state index in [-0.39, 0.29) is 5.75 Å². The van der Waals surface area contributed by atoms with Crippen LogP contribution in [0, 0.1) is 6.92 Å². The van der Waals surface area contributed by atoms with Crippen molar-refractivity contribution in [2.45, 2.75) is 38.6 Å². The Balaban J connectivity index is 2.35. The topological polar surface area (TPSA) is 62.5 Å². The SMILES string of the molecule is Cc1c(C(=O)O)c2cc(O)c(Br)cc2n1C1CCCC1. The highest BCUT2D eigenvalue weighted by Crippen LogP contribution is 2.40. The Labute approximate surface area is 125 Å². The molecular weight excluding hydrogens is 322 g/mol. The van der Waals surface area contributed by atoms with E-state index >= 15 is 0 Å². The summed E-state index contributed by atoms with van der Waals surface area (Å²) in [5, 5.41) is 19.9. The fraction of sp³-hybridized carbons (Fsp3) is 0.400. The second kappa shape index (κ2) is 4.81. The average molecular weight is 338 g/mol. The average Bonchev–Trinajstić information content (AvgIpc) is 2.96. The van der Waals surface area contributed by atoms with Gasteiger partial charge in [-0.15, -0.1) is 0 Å². The molecule has 3 rings (SSSR count). The quantitative estimate of drug-likeness (QED) is 0.861. The Kier molecular flexibility index (Phi) is 3.24. The molecule has 1 aromatic carbocycles. The maximum Gasteiger partial charge on any atom is 0.338 e. The van der Waals surface area contributed by atoms with Crippen LogP contribution >= 0.6 is 15.9 Å². The van der Waals surface area contributed by atoms with Gasteiger partial charge in [0.05, 0.1) is 15.6 Å². The fourth-order valence-corrected chi connectivity index (χ4v) is 3.68. The third-order valence-corrected chi connectivity index (χ3v) is 4.86. The number of hydrogen-bond donors (Lipinski definition) is 2. The number of carboxylic acids is 1. The van der Waals surface area contributed by atoms with E-state index in [0.29, 0.717) is 21.5 Å². The minimum absolute atomic E-state index is 0.0728. The van der Waals surface area contributed by atoms with Crippen LogP contribution in [0.25, 0.3) is 10.9 Å². The first-order valence-electron chi connectivity index (χ1n) is 6.77. The second-order valence-electron chi connectivity index (χ2n) is 5.39. The summed E-state index contributed by atoms with van der Waals surface area (Å²) in [7, 11) is 0. The molecule has 0 atom stereocenters. The highest BCUT2D eigenvalue weighted by molar-refractivity contribution is 9.10. The summed E-state index contributed by atoms with van der Waals surface area (Å²) >= 11 is 3.32. The standard InChI is InChI=1S/C15H16BrNO3/c1-8-14(15(19)20)10-6-13(18)11(16)7-12(10)17(8)9-4-2-3-5-9/h6-7,9,18H,2-5H2,1H3,(H,19,20). The van der Waals surface area contributed by atoms with Crippen molar-refractivity contribution in [1.29, 1.82) is 0 Å². The molecule has 1 heterocycles. The molecule has 0 bridgehead atoms. The van der Waals surface area contributed by atoms with Gasteiger partial charge in [0.2, 0.25) is 0 Å². The number of phenolic OH excluding ortho intramolecular Hbond substituents is 1. The summed E-state index contributed by atoms with van der Waals surface area (Å²) in [5.74, 6) is -0.866. The van der Waals surface area contributed by atoms with Crippen LogP contribution in [0.4, 0.5) is 0 Å². The van der Waals surface area contributed by atoms with Gasteiger partial charge in [0.1, 0.15) is 5.75 Å². The molecule has 1 aromatic heterocycles. The predicted octanol–water partition coefficient (Wildman–Crippen LogP) is 4.23. The van der Waals surface area contributed by atoms with Gasteiger partial charge < -0.3 is 14.8 Å². The lowest BCUT2D eigenvalue weighted by molar-refractivity contribution is 0.0698. The molecule has 5 heteroatoms. The van der Waals surface area contributed by atoms with Gasteiger partial charge in [0.15, 0.2) is 0 Å². The van der Waals surface area contributed by atoms with E-state index in [1.165, 1.54) is 12.8 Å². The van der Waals surface area contributed by atoms with E-state index in [2.05, 4.69) is 20.5 Å². The number of phenols is 1. The largest absolute Gasteiger partial charge is 0.507 e. The van der Waals surface area contributed by atoms with Crippen molar-refractivity contribution >= 4 is 32.8 Å². The fourth-order valence-electron chi connectivity index (χ4n) is 3.35. The van der Waals surface area contributed by atoms with Gasteiger partial charge in [0.25, 0.3) is 0 Å². The molecule has 0 amide bonds. The number of aromatic carboxylic acids is 1. The number of aromatic hydroxyl groups is 1. The van der Waals surface area contributed by atoms with Gasteiger partial charge in [-0.25, -0.2) is 4.79 Å². The molecule has 1 aliphatic carbocycles. The van der Waals surface area contributed by atoms with Gasteiger partial charge >= 0.3 is 5.97 Å². The van der Waals surface area contributed by atoms with Gasteiger partial charge in [-0.1, -0.05) is 12.8 Å². The zero-order valence-corrected chi connectivity index (χ0v) is 12.8. The summed E-state index contributed by atoms with van der Waals surface area (Å²) < 4.78 is 2.73. The van der Waals surface area contributed by atoms with Crippen LogP contribution in [0.1, 0.15) is 47.8 Å². The van der Waals surface area contributed by atoms with Gasteiger partial charge in [-0.3, -0.25) is 0 Å². The van der Waals surface area contributed by atoms with Gasteiger partial charge in [-0.2, -0.15) is 0 Å². The molecule has 20 heavy (non-hydrogen) atoms. The van der Waals surface area contributed by atoms with E-state index in [1.807, 2.05) is 13.0 Å². The van der Waals surface area contributed by atoms with Crippen LogP contribution in [-0.4, -0.2) is 20.7 Å². The monoisotopic (exact) mass is 337 g/mol. The van der Waals surface area contributed by atoms with E-state index in [0.717, 1.165) is 24.1 Å². The molecule has 0 saturated heterocycles. The number of aromatic nitrogens is 1. The molecule has 0 aliphatic heterocycles. The molecule has 1 fully saturated rings. The lowest BCUT2D eigenvalue weighted by Crippen LogP contribution is -2.08. The van der Waals surface area contributed by atoms with Crippen molar-refractivity contribution in [3.8, 4) is 5.75 Å². The third-order valence-electron chi connectivity index (χ3n) is 4.22. The lowest BCUT2D eigenvalue weighted by Gasteiger charge is -2.16. The summed E-state index contributed by atoms with van der Waals surface area (Å²) in [6.45, 7) is 1.85. The number of benzene rings is 1. The molecule has 1 aliphatic rings. The molecule has 0 radical (unpaired) electrons. The molecule has 2 aromatic rings. The molecule has 106 valence electrons. The summed E-state index contributed by atoms with van der Waals surface area (Å²) in [6.07, 6.45) is 4.54. The number of carboxylic acid groups (broad SMARTS) is 1. The van der Waals surface area contributed by atoms with Crippen LogP contribution in [0.5, 0.6) is 5.75 Å². The van der Waals surface area contributed by atoms with Crippen molar-refractivity contribution in [3.05, 3.63) is 27.9 Å². The Morgan fingerprint density at radius 3 is 2.60 bits per heavy atom. The Bertz CT molecular complexity index is 699. The van der Waals surface area contributed by atoms with Crippen LogP contribution < -0.4 is 0 Å². The lowest BCUT2D eigenvalue weighted by atomic mass is 10.1. The van der Waals surface area contributed by atoms with E-state index in [1.54, 1.807) is 6.07 Å². The molecule has 4 nitrogen and oxygen atoms in total. The first-order valence-corrected chi connectivity index (χ1v) is 7.56. The van der Waals surface area contributed by atoms with Crippen molar-refractivity contribution < 1.29 is 15.0 Å². The van der Waals surface area contributed by atoms with E-state index in [4.69, 9.17) is 0 Å². The number of carbonyl (C=O) groups is 1. The van der Waals surface area contributed by atoms with Crippen LogP contribution in [0.2, 0.25) is 0 Å². The molecule has 0 unspecified atom stereocenters. The molecule has 1 saturated carbocycles. The van der Waals surface area contributed by atoms with Crippen molar-refractivity contribution in [1.82, 2.24) is 4.57 Å². The maximum atomic E-state index is 11.6. The van der Waals surface area contributed by atoms with Crippen LogP contribution in [0.3, 0.4) is 0 Å². The molecule has 2 N–H and O–H groups in total. The van der Waals surface area contributed by atoms with Crippen molar-refractivity contribution in [3.63, 3.8) is 0 Å². The van der Waals surface area contributed by atoms with Gasteiger partial charge in [0, 0.05) is 17.1 Å². The number of rotatable bonds is 2. The van der Waals surface area contributed by atoms with E-state index in [9.17, 15) is 15.0 Å². The molecular formula is C15H16BrNO3. The minimum atomic E-state index is -0.939. The number of fused-ring (bicyclic) bond motifs is 1. The number of hydrogen-bond acceptors (Lipinski definition) is 2. The first kappa shape index (κ1) is 13.5.